The fraction of sp³-hybridized carbons (Fsp3) is 0.857. The molecule has 0 aromatic carbocycles. The smallest absolute Gasteiger partial charge is 0.0876 e. The molecule has 0 spiro atoms. The normalized spacial score (nSPS) is 23.2. The molecule has 5 nitrogen and oxygen atoms in total. The lowest BCUT2D eigenvalue weighted by molar-refractivity contribution is 0.109. The summed E-state index contributed by atoms with van der Waals surface area (Å²) < 4.78 is 9.90. The van der Waals surface area contributed by atoms with Gasteiger partial charge in [-0.2, -0.15) is 0 Å². The number of piperazine rings is 1. The number of hydrogen-bond acceptors (Lipinski definition) is 5. The van der Waals surface area contributed by atoms with Gasteiger partial charge in [-0.3, -0.25) is 0 Å². The molecule has 0 radical (unpaired) electrons. The molecule has 0 atom stereocenters. The summed E-state index contributed by atoms with van der Waals surface area (Å²) in [6, 6.07) is 0. The van der Waals surface area contributed by atoms with Crippen LogP contribution in [0.25, 0.3) is 0 Å². The van der Waals surface area contributed by atoms with Crippen LogP contribution in [0.2, 0.25) is 0 Å². The quantitative estimate of drug-likeness (QED) is 0.669. The standard InChI is InChI=1S/C5H12N2.C5H8O.C4H9NO/c1-7-4-2-6-3-5-7;1-2-4-6-5-3-1;1-3-6-4-2-5-1/h6H,2-5H2,1H3;2,4H,1,3,5H2;5H,1-4H2. The minimum absolute atomic E-state index is 0.889. The summed E-state index contributed by atoms with van der Waals surface area (Å²) in [7, 11) is 2.15. The van der Waals surface area contributed by atoms with Crippen molar-refractivity contribution in [1.29, 1.82) is 0 Å². The van der Waals surface area contributed by atoms with E-state index in [1.54, 1.807) is 6.26 Å². The maximum atomic E-state index is 5.01. The van der Waals surface area contributed by atoms with E-state index in [0.29, 0.717) is 0 Å². The van der Waals surface area contributed by atoms with Crippen LogP contribution in [0.5, 0.6) is 0 Å². The second kappa shape index (κ2) is 12.4. The number of hydrogen-bond donors (Lipinski definition) is 2. The molecule has 0 bridgehead atoms. The van der Waals surface area contributed by atoms with Crippen LogP contribution in [0.4, 0.5) is 0 Å². The van der Waals surface area contributed by atoms with Crippen LogP contribution in [-0.4, -0.2) is 71.0 Å². The maximum Gasteiger partial charge on any atom is 0.0876 e. The van der Waals surface area contributed by atoms with Gasteiger partial charge in [0.2, 0.25) is 0 Å². The van der Waals surface area contributed by atoms with E-state index in [-0.39, 0.29) is 0 Å². The van der Waals surface area contributed by atoms with Gasteiger partial charge < -0.3 is 25.0 Å². The van der Waals surface area contributed by atoms with Crippen molar-refractivity contribution in [3.63, 3.8) is 0 Å². The summed E-state index contributed by atoms with van der Waals surface area (Å²) in [5.41, 5.74) is 0. The van der Waals surface area contributed by atoms with Crippen LogP contribution >= 0.6 is 0 Å². The first kappa shape index (κ1) is 16.4. The first-order chi connectivity index (χ1) is 9.39. The van der Waals surface area contributed by atoms with E-state index in [0.717, 1.165) is 46.0 Å². The Hall–Kier alpha value is -0.620. The molecule has 19 heavy (non-hydrogen) atoms. The lowest BCUT2D eigenvalue weighted by Gasteiger charge is -2.21. The van der Waals surface area contributed by atoms with Crippen molar-refractivity contribution in [2.75, 3.05) is 66.1 Å². The Morgan fingerprint density at radius 1 is 0.947 bits per heavy atom. The third-order valence-corrected chi connectivity index (χ3v) is 3.01. The molecule has 2 saturated heterocycles. The number of likely N-dealkylation sites (N-methyl/N-ethyl adjacent to an activating group) is 1. The predicted molar refractivity (Wildman–Crippen MR) is 78.4 cm³/mol. The van der Waals surface area contributed by atoms with Gasteiger partial charge >= 0.3 is 0 Å². The summed E-state index contributed by atoms with van der Waals surface area (Å²) in [4.78, 5) is 2.33. The molecule has 0 unspecified atom stereocenters. The molecule has 0 aromatic rings. The second-order valence-corrected chi connectivity index (χ2v) is 4.80. The van der Waals surface area contributed by atoms with Crippen LogP contribution < -0.4 is 10.6 Å². The van der Waals surface area contributed by atoms with Crippen molar-refractivity contribution in [2.45, 2.75) is 12.8 Å². The average Bonchev–Trinajstić information content (AvgIpc) is 2.53. The first-order valence-corrected chi connectivity index (χ1v) is 7.34. The van der Waals surface area contributed by atoms with Gasteiger partial charge in [0.1, 0.15) is 0 Å². The Morgan fingerprint density at radius 2 is 1.63 bits per heavy atom. The summed E-state index contributed by atoms with van der Waals surface area (Å²) in [5, 5.41) is 6.43. The monoisotopic (exact) mass is 271 g/mol. The van der Waals surface area contributed by atoms with Gasteiger partial charge in [-0.25, -0.2) is 0 Å². The average molecular weight is 271 g/mol. The molecule has 3 heterocycles. The van der Waals surface area contributed by atoms with Crippen molar-refractivity contribution in [2.24, 2.45) is 0 Å². The number of nitrogens with zero attached hydrogens (tertiary/aromatic N) is 1. The van der Waals surface area contributed by atoms with Crippen LogP contribution in [0.1, 0.15) is 12.8 Å². The predicted octanol–water partition coefficient (Wildman–Crippen LogP) is 0.438. The van der Waals surface area contributed by atoms with Crippen molar-refractivity contribution >= 4 is 0 Å². The van der Waals surface area contributed by atoms with Crippen molar-refractivity contribution in [1.82, 2.24) is 15.5 Å². The Balaban J connectivity index is 0.000000143. The highest BCUT2D eigenvalue weighted by Crippen LogP contribution is 1.97. The fourth-order valence-electron chi connectivity index (χ4n) is 1.78. The molecule has 3 aliphatic rings. The summed E-state index contributed by atoms with van der Waals surface area (Å²) in [6.07, 6.45) is 6.20. The summed E-state index contributed by atoms with van der Waals surface area (Å²) >= 11 is 0. The molecule has 2 fully saturated rings. The Labute approximate surface area is 117 Å². The van der Waals surface area contributed by atoms with Crippen molar-refractivity contribution in [3.8, 4) is 0 Å². The lowest BCUT2D eigenvalue weighted by atomic mass is 10.3. The van der Waals surface area contributed by atoms with E-state index in [2.05, 4.69) is 22.6 Å². The van der Waals surface area contributed by atoms with Crippen molar-refractivity contribution in [3.05, 3.63) is 12.3 Å². The van der Waals surface area contributed by atoms with Gasteiger partial charge in [0.05, 0.1) is 26.1 Å². The van der Waals surface area contributed by atoms with E-state index in [1.807, 2.05) is 6.08 Å². The summed E-state index contributed by atoms with van der Waals surface area (Å²) in [5.74, 6) is 0. The molecular formula is C14H29N3O2. The molecule has 0 saturated carbocycles. The summed E-state index contributed by atoms with van der Waals surface area (Å²) in [6.45, 7) is 9.49. The van der Waals surface area contributed by atoms with E-state index >= 15 is 0 Å². The minimum Gasteiger partial charge on any atom is -0.502 e. The fourth-order valence-corrected chi connectivity index (χ4v) is 1.78. The van der Waals surface area contributed by atoms with Gasteiger partial charge in [-0.1, -0.05) is 0 Å². The van der Waals surface area contributed by atoms with Crippen LogP contribution in [0.3, 0.4) is 0 Å². The molecule has 2 N–H and O–H groups in total. The molecule has 0 aliphatic carbocycles. The highest BCUT2D eigenvalue weighted by Gasteiger charge is 2.01. The van der Waals surface area contributed by atoms with Gasteiger partial charge in [0.25, 0.3) is 0 Å². The minimum atomic E-state index is 0.889. The van der Waals surface area contributed by atoms with Gasteiger partial charge in [0, 0.05) is 39.3 Å². The van der Waals surface area contributed by atoms with Gasteiger partial charge in [0.15, 0.2) is 0 Å². The zero-order valence-electron chi connectivity index (χ0n) is 12.2. The topological polar surface area (TPSA) is 45.8 Å². The van der Waals surface area contributed by atoms with Crippen LogP contribution in [0, 0.1) is 0 Å². The van der Waals surface area contributed by atoms with E-state index in [4.69, 9.17) is 9.47 Å². The second-order valence-electron chi connectivity index (χ2n) is 4.80. The van der Waals surface area contributed by atoms with Crippen LogP contribution in [0.15, 0.2) is 12.3 Å². The number of rotatable bonds is 0. The number of morpholine rings is 1. The zero-order valence-corrected chi connectivity index (χ0v) is 12.2. The third kappa shape index (κ3) is 10.9. The van der Waals surface area contributed by atoms with Gasteiger partial charge in [-0.05, 0) is 26.0 Å². The maximum absolute atomic E-state index is 5.01. The Morgan fingerprint density at radius 3 is 1.84 bits per heavy atom. The van der Waals surface area contributed by atoms with Crippen LogP contribution in [-0.2, 0) is 9.47 Å². The van der Waals surface area contributed by atoms with Crippen molar-refractivity contribution < 1.29 is 9.47 Å². The van der Waals surface area contributed by atoms with E-state index in [9.17, 15) is 0 Å². The Kier molecular flexibility index (Phi) is 10.7. The third-order valence-electron chi connectivity index (χ3n) is 3.01. The largest absolute Gasteiger partial charge is 0.502 e. The van der Waals surface area contributed by atoms with E-state index in [1.165, 1.54) is 25.9 Å². The molecule has 3 aliphatic heterocycles. The first-order valence-electron chi connectivity index (χ1n) is 7.34. The Bertz CT molecular complexity index is 195. The van der Waals surface area contributed by atoms with Gasteiger partial charge in [-0.15, -0.1) is 0 Å². The number of nitrogens with one attached hydrogen (secondary N) is 2. The SMILES string of the molecule is C1=COCCC1.C1COCCN1.CN1CCNCC1. The molecule has 3 rings (SSSR count). The zero-order chi connectivity index (χ0) is 13.6. The molecule has 112 valence electrons. The number of ether oxygens (including phenoxy) is 2. The highest BCUT2D eigenvalue weighted by atomic mass is 16.5. The number of allylic oxidation sites excluding steroid dienone is 1. The molecule has 0 aromatic heterocycles. The van der Waals surface area contributed by atoms with E-state index < -0.39 is 0 Å². The highest BCUT2D eigenvalue weighted by molar-refractivity contribution is 4.76. The molecule has 0 amide bonds. The molecular weight excluding hydrogens is 242 g/mol. The molecule has 5 heteroatoms. The lowest BCUT2D eigenvalue weighted by Crippen LogP contribution is -2.40.